The lowest BCUT2D eigenvalue weighted by molar-refractivity contribution is 0.163. The number of hydrogen-bond donors (Lipinski definition) is 1. The zero-order chi connectivity index (χ0) is 19.9. The molecule has 2 aliphatic heterocycles. The van der Waals surface area contributed by atoms with Crippen LogP contribution in [0.4, 0.5) is 4.79 Å². The number of rotatable bonds is 2. The Balaban J connectivity index is 0.000000176. The van der Waals surface area contributed by atoms with Gasteiger partial charge in [-0.15, -0.1) is 0 Å². The molecule has 0 unspecified atom stereocenters. The molecule has 2 heterocycles. The summed E-state index contributed by atoms with van der Waals surface area (Å²) < 4.78 is 0. The van der Waals surface area contributed by atoms with Crippen molar-refractivity contribution in [1.82, 2.24) is 15.1 Å². The van der Waals surface area contributed by atoms with Gasteiger partial charge in [-0.05, 0) is 37.2 Å². The van der Waals surface area contributed by atoms with Gasteiger partial charge in [-0.3, -0.25) is 0 Å². The summed E-state index contributed by atoms with van der Waals surface area (Å²) in [5.41, 5.74) is 3.83. The number of carbonyl (C=O) groups is 1. The minimum absolute atomic E-state index is 0.187. The van der Waals surface area contributed by atoms with Crippen molar-refractivity contribution in [2.45, 2.75) is 70.9 Å². The fraction of sp³-hybridized carbons (Fsp3) is 0.625. The van der Waals surface area contributed by atoms with Gasteiger partial charge in [0.2, 0.25) is 0 Å². The van der Waals surface area contributed by atoms with Crippen LogP contribution in [0, 0.1) is 5.92 Å². The van der Waals surface area contributed by atoms with Crippen LogP contribution in [0.25, 0.3) is 5.70 Å². The maximum atomic E-state index is 12.1. The van der Waals surface area contributed by atoms with Crippen molar-refractivity contribution >= 4 is 11.7 Å². The number of urea groups is 1. The molecule has 0 atom stereocenters. The number of likely N-dealkylation sites (tertiary alicyclic amines) is 1. The molecule has 1 aromatic rings. The third-order valence-electron chi connectivity index (χ3n) is 6.61. The molecule has 4 nitrogen and oxygen atoms in total. The first-order chi connectivity index (χ1) is 13.6. The third-order valence-corrected chi connectivity index (χ3v) is 6.61. The molecule has 1 N–H and O–H groups in total. The molecular formula is C24H37N3O. The van der Waals surface area contributed by atoms with Crippen molar-refractivity contribution in [2.75, 3.05) is 20.1 Å². The lowest BCUT2D eigenvalue weighted by Gasteiger charge is -2.33. The first-order valence-electron chi connectivity index (χ1n) is 11.1. The SMILES string of the molecule is C=C1c2ccccc2CN1C.CCC1CCN(C(=O)NC2CCCCC2)CC1. The summed E-state index contributed by atoms with van der Waals surface area (Å²) in [6.07, 6.45) is 9.90. The van der Waals surface area contributed by atoms with E-state index in [2.05, 4.69) is 55.0 Å². The van der Waals surface area contributed by atoms with Gasteiger partial charge in [-0.25, -0.2) is 4.79 Å². The number of nitrogens with zero attached hydrogens (tertiary/aromatic N) is 2. The molecule has 4 heteroatoms. The molecule has 2 fully saturated rings. The van der Waals surface area contributed by atoms with E-state index in [1.54, 1.807) is 0 Å². The Morgan fingerprint density at radius 1 is 1.11 bits per heavy atom. The summed E-state index contributed by atoms with van der Waals surface area (Å²) in [5.74, 6) is 0.841. The zero-order valence-corrected chi connectivity index (χ0v) is 17.8. The molecular weight excluding hydrogens is 346 g/mol. The van der Waals surface area contributed by atoms with Gasteiger partial charge in [0.25, 0.3) is 0 Å². The fourth-order valence-electron chi connectivity index (χ4n) is 4.55. The minimum Gasteiger partial charge on any atom is -0.370 e. The first kappa shape index (κ1) is 20.8. The molecule has 1 aromatic carbocycles. The summed E-state index contributed by atoms with van der Waals surface area (Å²) in [7, 11) is 2.07. The maximum Gasteiger partial charge on any atom is 0.317 e. The average Bonchev–Trinajstić information content (AvgIpc) is 3.03. The van der Waals surface area contributed by atoms with Gasteiger partial charge in [-0.1, -0.05) is 63.5 Å². The van der Waals surface area contributed by atoms with Gasteiger partial charge >= 0.3 is 6.03 Å². The molecule has 0 spiro atoms. The largest absolute Gasteiger partial charge is 0.370 e. The van der Waals surface area contributed by atoms with Crippen molar-refractivity contribution in [2.24, 2.45) is 5.92 Å². The van der Waals surface area contributed by atoms with E-state index in [4.69, 9.17) is 0 Å². The summed E-state index contributed by atoms with van der Waals surface area (Å²) in [6.45, 7) is 9.17. The van der Waals surface area contributed by atoms with Gasteiger partial charge in [0.1, 0.15) is 0 Å². The normalized spacial score (nSPS) is 20.4. The molecule has 0 radical (unpaired) electrons. The van der Waals surface area contributed by atoms with E-state index in [0.717, 1.165) is 31.2 Å². The number of carbonyl (C=O) groups excluding carboxylic acids is 1. The molecule has 2 amide bonds. The van der Waals surface area contributed by atoms with E-state index in [-0.39, 0.29) is 6.03 Å². The van der Waals surface area contributed by atoms with Gasteiger partial charge in [0.05, 0.1) is 0 Å². The van der Waals surface area contributed by atoms with Crippen LogP contribution in [-0.2, 0) is 6.54 Å². The molecule has 3 aliphatic rings. The molecule has 1 aliphatic carbocycles. The van der Waals surface area contributed by atoms with Crippen LogP contribution in [0.1, 0.15) is 69.4 Å². The van der Waals surface area contributed by atoms with Crippen molar-refractivity contribution in [1.29, 1.82) is 0 Å². The molecule has 4 rings (SSSR count). The number of benzene rings is 1. The molecule has 1 saturated heterocycles. The first-order valence-corrected chi connectivity index (χ1v) is 11.1. The van der Waals surface area contributed by atoms with Gasteiger partial charge < -0.3 is 15.1 Å². The Labute approximate surface area is 171 Å². The predicted octanol–water partition coefficient (Wildman–Crippen LogP) is 5.25. The van der Waals surface area contributed by atoms with Crippen molar-refractivity contribution < 1.29 is 4.79 Å². The standard InChI is InChI=1S/C14H26N2O.C10H11N/c1-2-12-8-10-16(11-9-12)14(17)15-13-6-4-3-5-7-13;1-8-10-6-4-3-5-9(10)7-11(8)2/h12-13H,2-11H2,1H3,(H,15,17);3-6H,1,7H2,2H3. The van der Waals surface area contributed by atoms with Gasteiger partial charge in [0.15, 0.2) is 0 Å². The summed E-state index contributed by atoms with van der Waals surface area (Å²) in [4.78, 5) is 16.3. The Hall–Kier alpha value is -1.97. The fourth-order valence-corrected chi connectivity index (χ4v) is 4.55. The predicted molar refractivity (Wildman–Crippen MR) is 117 cm³/mol. The second-order valence-electron chi connectivity index (χ2n) is 8.58. The Morgan fingerprint density at radius 2 is 1.79 bits per heavy atom. The lowest BCUT2D eigenvalue weighted by Crippen LogP contribution is -2.48. The number of hydrogen-bond acceptors (Lipinski definition) is 2. The van der Waals surface area contributed by atoms with Crippen LogP contribution in [0.15, 0.2) is 30.8 Å². The van der Waals surface area contributed by atoms with Gasteiger partial charge in [0, 0.05) is 44.0 Å². The van der Waals surface area contributed by atoms with E-state index in [9.17, 15) is 4.79 Å². The molecule has 0 bridgehead atoms. The van der Waals surface area contributed by atoms with E-state index < -0.39 is 0 Å². The maximum absolute atomic E-state index is 12.1. The Bertz CT molecular complexity index is 658. The van der Waals surface area contributed by atoms with Crippen molar-refractivity contribution in [3.8, 4) is 0 Å². The number of fused-ring (bicyclic) bond motifs is 1. The van der Waals surface area contributed by atoms with Crippen molar-refractivity contribution in [3.05, 3.63) is 42.0 Å². The number of piperidine rings is 1. The number of nitrogens with one attached hydrogen (secondary N) is 1. The van der Waals surface area contributed by atoms with Crippen LogP contribution in [0.5, 0.6) is 0 Å². The lowest BCUT2D eigenvalue weighted by atomic mass is 9.94. The average molecular weight is 384 g/mol. The second-order valence-corrected chi connectivity index (χ2v) is 8.58. The Kier molecular flexibility index (Phi) is 7.41. The zero-order valence-electron chi connectivity index (χ0n) is 17.8. The van der Waals surface area contributed by atoms with Gasteiger partial charge in [-0.2, -0.15) is 0 Å². The van der Waals surface area contributed by atoms with E-state index in [1.807, 2.05) is 4.90 Å². The number of amides is 2. The minimum atomic E-state index is 0.187. The highest BCUT2D eigenvalue weighted by Crippen LogP contribution is 2.29. The third kappa shape index (κ3) is 5.30. The molecule has 154 valence electrons. The topological polar surface area (TPSA) is 35.6 Å². The van der Waals surface area contributed by atoms with Crippen LogP contribution >= 0.6 is 0 Å². The highest BCUT2D eigenvalue weighted by atomic mass is 16.2. The van der Waals surface area contributed by atoms with E-state index >= 15 is 0 Å². The summed E-state index contributed by atoms with van der Waals surface area (Å²) in [5, 5.41) is 3.21. The van der Waals surface area contributed by atoms with Crippen molar-refractivity contribution in [3.63, 3.8) is 0 Å². The molecule has 0 aromatic heterocycles. The highest BCUT2D eigenvalue weighted by molar-refractivity contribution is 5.74. The van der Waals surface area contributed by atoms with Crippen LogP contribution in [-0.4, -0.2) is 42.0 Å². The van der Waals surface area contributed by atoms with Crippen LogP contribution < -0.4 is 5.32 Å². The highest BCUT2D eigenvalue weighted by Gasteiger charge is 2.24. The smallest absolute Gasteiger partial charge is 0.317 e. The van der Waals surface area contributed by atoms with Crippen LogP contribution in [0.3, 0.4) is 0 Å². The van der Waals surface area contributed by atoms with E-state index in [1.165, 1.54) is 62.5 Å². The quantitative estimate of drug-likeness (QED) is 0.757. The second kappa shape index (κ2) is 9.99. The summed E-state index contributed by atoms with van der Waals surface area (Å²) >= 11 is 0. The molecule has 1 saturated carbocycles. The monoisotopic (exact) mass is 383 g/mol. The summed E-state index contributed by atoms with van der Waals surface area (Å²) in [6, 6.07) is 9.05. The van der Waals surface area contributed by atoms with E-state index in [0.29, 0.717) is 6.04 Å². The van der Waals surface area contributed by atoms with Crippen LogP contribution in [0.2, 0.25) is 0 Å². The Morgan fingerprint density at radius 3 is 2.43 bits per heavy atom. The molecule has 28 heavy (non-hydrogen) atoms.